The van der Waals surface area contributed by atoms with Crippen molar-refractivity contribution in [2.24, 2.45) is 0 Å². The van der Waals surface area contributed by atoms with Gasteiger partial charge in [0.1, 0.15) is 5.82 Å². The SMILES string of the molecule is Cc1nc(-c2ccccc2)nc(-c2ncccn2)n1. The maximum Gasteiger partial charge on any atom is 0.201 e. The molecule has 3 rings (SSSR count). The highest BCUT2D eigenvalue weighted by Crippen LogP contribution is 2.17. The Hall–Kier alpha value is -2.69. The Morgan fingerprint density at radius 2 is 1.37 bits per heavy atom. The monoisotopic (exact) mass is 249 g/mol. The molecular weight excluding hydrogens is 238 g/mol. The number of benzene rings is 1. The van der Waals surface area contributed by atoms with Crippen molar-refractivity contribution < 1.29 is 0 Å². The van der Waals surface area contributed by atoms with Gasteiger partial charge in [-0.15, -0.1) is 0 Å². The Bertz CT molecular complexity index is 625. The second kappa shape index (κ2) is 4.89. The number of hydrogen-bond donors (Lipinski definition) is 0. The molecule has 19 heavy (non-hydrogen) atoms. The van der Waals surface area contributed by atoms with Crippen molar-refractivity contribution in [1.29, 1.82) is 0 Å². The molecule has 0 saturated carbocycles. The predicted molar refractivity (Wildman–Crippen MR) is 71.0 cm³/mol. The summed E-state index contributed by atoms with van der Waals surface area (Å²) >= 11 is 0. The summed E-state index contributed by atoms with van der Waals surface area (Å²) < 4.78 is 0. The Balaban J connectivity index is 2.12. The zero-order chi connectivity index (χ0) is 13.1. The first-order chi connectivity index (χ1) is 9.33. The van der Waals surface area contributed by atoms with Gasteiger partial charge in [0.2, 0.25) is 5.82 Å². The van der Waals surface area contributed by atoms with E-state index in [0.717, 1.165) is 5.56 Å². The van der Waals surface area contributed by atoms with E-state index in [1.807, 2.05) is 37.3 Å². The third-order valence-electron chi connectivity index (χ3n) is 2.54. The second-order valence-corrected chi connectivity index (χ2v) is 3.97. The Labute approximate surface area is 110 Å². The summed E-state index contributed by atoms with van der Waals surface area (Å²) in [6.45, 7) is 1.83. The maximum atomic E-state index is 4.43. The predicted octanol–water partition coefficient (Wildman–Crippen LogP) is 2.30. The van der Waals surface area contributed by atoms with E-state index in [0.29, 0.717) is 23.3 Å². The molecule has 2 heterocycles. The minimum Gasteiger partial charge on any atom is -0.234 e. The van der Waals surface area contributed by atoms with Crippen LogP contribution in [0.15, 0.2) is 48.8 Å². The van der Waals surface area contributed by atoms with Gasteiger partial charge in [0, 0.05) is 18.0 Å². The van der Waals surface area contributed by atoms with E-state index in [1.54, 1.807) is 18.5 Å². The maximum absolute atomic E-state index is 4.43. The Morgan fingerprint density at radius 1 is 0.684 bits per heavy atom. The second-order valence-electron chi connectivity index (χ2n) is 3.97. The van der Waals surface area contributed by atoms with Crippen molar-refractivity contribution in [3.63, 3.8) is 0 Å². The molecule has 0 aliphatic heterocycles. The summed E-state index contributed by atoms with van der Waals surface area (Å²) in [6, 6.07) is 11.5. The van der Waals surface area contributed by atoms with Crippen LogP contribution >= 0.6 is 0 Å². The van der Waals surface area contributed by atoms with E-state index in [1.165, 1.54) is 0 Å². The molecule has 5 heteroatoms. The van der Waals surface area contributed by atoms with Crippen molar-refractivity contribution in [3.8, 4) is 23.0 Å². The number of rotatable bonds is 2. The summed E-state index contributed by atoms with van der Waals surface area (Å²) in [7, 11) is 0. The van der Waals surface area contributed by atoms with Crippen molar-refractivity contribution in [2.75, 3.05) is 0 Å². The lowest BCUT2D eigenvalue weighted by molar-refractivity contribution is 0.968. The number of aryl methyl sites for hydroxylation is 1. The van der Waals surface area contributed by atoms with Crippen LogP contribution in [0.3, 0.4) is 0 Å². The highest BCUT2D eigenvalue weighted by Gasteiger charge is 2.09. The van der Waals surface area contributed by atoms with Gasteiger partial charge in [-0.25, -0.2) is 24.9 Å². The van der Waals surface area contributed by atoms with Gasteiger partial charge in [-0.3, -0.25) is 0 Å². The lowest BCUT2D eigenvalue weighted by Gasteiger charge is -2.04. The van der Waals surface area contributed by atoms with Crippen LogP contribution in [0, 0.1) is 6.92 Å². The fraction of sp³-hybridized carbons (Fsp3) is 0.0714. The van der Waals surface area contributed by atoms with Crippen molar-refractivity contribution in [3.05, 3.63) is 54.6 Å². The van der Waals surface area contributed by atoms with Crippen LogP contribution in [0.25, 0.3) is 23.0 Å². The smallest absolute Gasteiger partial charge is 0.201 e. The minimum absolute atomic E-state index is 0.493. The average molecular weight is 249 g/mol. The van der Waals surface area contributed by atoms with Gasteiger partial charge in [0.05, 0.1) is 0 Å². The Morgan fingerprint density at radius 3 is 2.11 bits per heavy atom. The average Bonchev–Trinajstić information content (AvgIpc) is 2.48. The van der Waals surface area contributed by atoms with Crippen molar-refractivity contribution in [1.82, 2.24) is 24.9 Å². The molecule has 0 amide bonds. The molecular formula is C14H11N5. The van der Waals surface area contributed by atoms with Gasteiger partial charge in [0.15, 0.2) is 11.6 Å². The molecule has 0 aliphatic rings. The zero-order valence-electron chi connectivity index (χ0n) is 10.4. The summed E-state index contributed by atoms with van der Waals surface area (Å²) in [5, 5.41) is 0. The fourth-order valence-corrected chi connectivity index (χ4v) is 1.71. The van der Waals surface area contributed by atoms with Crippen molar-refractivity contribution >= 4 is 0 Å². The topological polar surface area (TPSA) is 64.5 Å². The number of hydrogen-bond acceptors (Lipinski definition) is 5. The standard InChI is InChI=1S/C14H11N5/c1-10-17-12(11-6-3-2-4-7-11)19-14(18-10)13-15-8-5-9-16-13/h2-9H,1H3. The third-order valence-corrected chi connectivity index (χ3v) is 2.54. The van der Waals surface area contributed by atoms with E-state index < -0.39 is 0 Å². The zero-order valence-corrected chi connectivity index (χ0v) is 10.4. The van der Waals surface area contributed by atoms with Gasteiger partial charge in [-0.05, 0) is 13.0 Å². The normalized spacial score (nSPS) is 10.4. The van der Waals surface area contributed by atoms with Crippen LogP contribution in [0.5, 0.6) is 0 Å². The highest BCUT2D eigenvalue weighted by molar-refractivity contribution is 5.57. The van der Waals surface area contributed by atoms with Gasteiger partial charge in [-0.1, -0.05) is 30.3 Å². The highest BCUT2D eigenvalue weighted by atomic mass is 15.1. The number of aromatic nitrogens is 5. The van der Waals surface area contributed by atoms with Crippen LogP contribution in [-0.2, 0) is 0 Å². The molecule has 0 spiro atoms. The molecule has 2 aromatic heterocycles. The molecule has 0 N–H and O–H groups in total. The molecule has 0 aliphatic carbocycles. The third kappa shape index (κ3) is 2.44. The molecule has 0 unspecified atom stereocenters. The molecule has 1 aromatic carbocycles. The molecule has 0 fully saturated rings. The molecule has 0 radical (unpaired) electrons. The lowest BCUT2D eigenvalue weighted by atomic mass is 10.2. The summed E-state index contributed by atoms with van der Waals surface area (Å²) in [5.74, 6) is 2.28. The summed E-state index contributed by atoms with van der Waals surface area (Å²) in [5.41, 5.74) is 0.949. The largest absolute Gasteiger partial charge is 0.234 e. The van der Waals surface area contributed by atoms with Gasteiger partial charge in [-0.2, -0.15) is 0 Å². The van der Waals surface area contributed by atoms with Gasteiger partial charge in [0.25, 0.3) is 0 Å². The van der Waals surface area contributed by atoms with Gasteiger partial charge < -0.3 is 0 Å². The van der Waals surface area contributed by atoms with E-state index in [4.69, 9.17) is 0 Å². The quantitative estimate of drug-likeness (QED) is 0.697. The molecule has 5 nitrogen and oxygen atoms in total. The first-order valence-electron chi connectivity index (χ1n) is 5.88. The summed E-state index contributed by atoms with van der Waals surface area (Å²) in [6.07, 6.45) is 3.34. The van der Waals surface area contributed by atoms with Crippen LogP contribution in [0.1, 0.15) is 5.82 Å². The van der Waals surface area contributed by atoms with Crippen LogP contribution < -0.4 is 0 Å². The molecule has 92 valence electrons. The van der Waals surface area contributed by atoms with E-state index >= 15 is 0 Å². The van der Waals surface area contributed by atoms with Crippen molar-refractivity contribution in [2.45, 2.75) is 6.92 Å². The molecule has 3 aromatic rings. The number of nitrogens with zero attached hydrogens (tertiary/aromatic N) is 5. The first-order valence-corrected chi connectivity index (χ1v) is 5.88. The van der Waals surface area contributed by atoms with E-state index in [9.17, 15) is 0 Å². The molecule has 0 atom stereocenters. The van der Waals surface area contributed by atoms with Crippen LogP contribution in [0.2, 0.25) is 0 Å². The van der Waals surface area contributed by atoms with Gasteiger partial charge >= 0.3 is 0 Å². The Kier molecular flexibility index (Phi) is 2.94. The van der Waals surface area contributed by atoms with E-state index in [-0.39, 0.29) is 0 Å². The molecule has 0 bridgehead atoms. The lowest BCUT2D eigenvalue weighted by Crippen LogP contribution is -2.01. The minimum atomic E-state index is 0.493. The molecule has 0 saturated heterocycles. The van der Waals surface area contributed by atoms with Crippen LogP contribution in [0.4, 0.5) is 0 Å². The fourth-order valence-electron chi connectivity index (χ4n) is 1.71. The first kappa shape index (κ1) is 11.4. The summed E-state index contributed by atoms with van der Waals surface area (Å²) in [4.78, 5) is 21.4. The van der Waals surface area contributed by atoms with Crippen LogP contribution in [-0.4, -0.2) is 24.9 Å². The van der Waals surface area contributed by atoms with E-state index in [2.05, 4.69) is 24.9 Å².